The van der Waals surface area contributed by atoms with E-state index in [1.54, 1.807) is 6.92 Å². The molecule has 0 aliphatic carbocycles. The molecule has 0 aromatic carbocycles. The second kappa shape index (κ2) is 3.86. The molecule has 0 unspecified atom stereocenters. The van der Waals surface area contributed by atoms with Crippen molar-refractivity contribution in [1.29, 1.82) is 0 Å². The van der Waals surface area contributed by atoms with Crippen LogP contribution < -0.4 is 5.32 Å². The van der Waals surface area contributed by atoms with Crippen molar-refractivity contribution >= 4 is 11.6 Å². The third-order valence-corrected chi connectivity index (χ3v) is 1.65. The Morgan fingerprint density at radius 3 is 2.86 bits per heavy atom. The van der Waals surface area contributed by atoms with Gasteiger partial charge in [0.05, 0.1) is 4.92 Å². The second-order valence-corrected chi connectivity index (χ2v) is 2.66. The first-order chi connectivity index (χ1) is 6.57. The fraction of sp³-hybridized carbons (Fsp3) is 0.429. The molecule has 0 spiro atoms. The van der Waals surface area contributed by atoms with Gasteiger partial charge >= 0.3 is 5.69 Å². The van der Waals surface area contributed by atoms with Gasteiger partial charge in [-0.3, -0.25) is 20.0 Å². The van der Waals surface area contributed by atoms with Crippen LogP contribution >= 0.6 is 0 Å². The van der Waals surface area contributed by atoms with Gasteiger partial charge in [0.1, 0.15) is 5.69 Å². The van der Waals surface area contributed by atoms with Crippen LogP contribution in [0.3, 0.4) is 0 Å². The van der Waals surface area contributed by atoms with E-state index in [-0.39, 0.29) is 17.1 Å². The van der Waals surface area contributed by atoms with Crippen molar-refractivity contribution in [1.82, 2.24) is 15.5 Å². The average Bonchev–Trinajstić information content (AvgIpc) is 2.47. The first-order valence-electron chi connectivity index (χ1n) is 4.05. The molecule has 0 bridgehead atoms. The maximum absolute atomic E-state index is 11.3. The number of H-pyrrole nitrogens is 1. The number of hydrogen-bond acceptors (Lipinski definition) is 4. The molecule has 2 N–H and O–H groups in total. The third kappa shape index (κ3) is 1.70. The number of nitrogens with one attached hydrogen (secondary N) is 2. The van der Waals surface area contributed by atoms with Crippen LogP contribution in [-0.4, -0.2) is 27.6 Å². The van der Waals surface area contributed by atoms with Gasteiger partial charge in [0.25, 0.3) is 5.91 Å². The van der Waals surface area contributed by atoms with Crippen molar-refractivity contribution in [3.8, 4) is 0 Å². The number of carbonyl (C=O) groups is 1. The van der Waals surface area contributed by atoms with E-state index in [0.29, 0.717) is 6.54 Å². The normalized spacial score (nSPS) is 9.86. The van der Waals surface area contributed by atoms with Crippen LogP contribution in [0.4, 0.5) is 5.69 Å². The molecule has 0 saturated carbocycles. The molecule has 1 heterocycles. The van der Waals surface area contributed by atoms with Crippen LogP contribution in [0.15, 0.2) is 0 Å². The molecule has 0 aliphatic rings. The Kier molecular flexibility index (Phi) is 2.80. The lowest BCUT2D eigenvalue weighted by Crippen LogP contribution is -2.23. The molecule has 0 radical (unpaired) electrons. The van der Waals surface area contributed by atoms with Crippen LogP contribution in [0.25, 0.3) is 0 Å². The summed E-state index contributed by atoms with van der Waals surface area (Å²) in [5.41, 5.74) is -0.165. The summed E-state index contributed by atoms with van der Waals surface area (Å²) < 4.78 is 0. The molecular formula is C7H10N4O3. The predicted octanol–water partition coefficient (Wildman–Crippen LogP) is 0.376. The number of nitro groups is 1. The highest BCUT2D eigenvalue weighted by Crippen LogP contribution is 2.19. The number of carbonyl (C=O) groups excluding carboxylic acids is 1. The van der Waals surface area contributed by atoms with E-state index in [2.05, 4.69) is 15.5 Å². The van der Waals surface area contributed by atoms with Crippen LogP contribution in [0.1, 0.15) is 23.1 Å². The fourth-order valence-corrected chi connectivity index (χ4v) is 1.05. The quantitative estimate of drug-likeness (QED) is 0.541. The standard InChI is InChI=1S/C7H10N4O3/c1-3-8-7(12)5-6(11(13)14)4(2)9-10-5/h3H2,1-2H3,(H,8,12)(H,9,10). The molecule has 1 aromatic heterocycles. The van der Waals surface area contributed by atoms with Crippen molar-refractivity contribution in [3.63, 3.8) is 0 Å². The van der Waals surface area contributed by atoms with Crippen LogP contribution in [0, 0.1) is 17.0 Å². The number of aromatic amines is 1. The van der Waals surface area contributed by atoms with Crippen LogP contribution in [-0.2, 0) is 0 Å². The fourth-order valence-electron chi connectivity index (χ4n) is 1.05. The highest BCUT2D eigenvalue weighted by atomic mass is 16.6. The summed E-state index contributed by atoms with van der Waals surface area (Å²) in [4.78, 5) is 21.2. The van der Waals surface area contributed by atoms with Gasteiger partial charge in [-0.15, -0.1) is 0 Å². The summed E-state index contributed by atoms with van der Waals surface area (Å²) in [6, 6.07) is 0. The van der Waals surface area contributed by atoms with E-state index in [9.17, 15) is 14.9 Å². The zero-order chi connectivity index (χ0) is 10.7. The monoisotopic (exact) mass is 198 g/mol. The molecule has 1 rings (SSSR count). The minimum Gasteiger partial charge on any atom is -0.351 e. The highest BCUT2D eigenvalue weighted by molar-refractivity contribution is 5.96. The topological polar surface area (TPSA) is 101 Å². The molecule has 7 nitrogen and oxygen atoms in total. The minimum atomic E-state index is -0.622. The smallest absolute Gasteiger partial charge is 0.322 e. The Bertz CT molecular complexity index is 371. The van der Waals surface area contributed by atoms with Gasteiger partial charge in [0, 0.05) is 6.54 Å². The van der Waals surface area contributed by atoms with E-state index in [0.717, 1.165) is 0 Å². The van der Waals surface area contributed by atoms with E-state index < -0.39 is 10.8 Å². The molecular weight excluding hydrogens is 188 g/mol. The average molecular weight is 198 g/mol. The molecule has 0 atom stereocenters. The van der Waals surface area contributed by atoms with Gasteiger partial charge in [-0.1, -0.05) is 0 Å². The van der Waals surface area contributed by atoms with Gasteiger partial charge < -0.3 is 5.32 Å². The van der Waals surface area contributed by atoms with Gasteiger partial charge in [-0.25, -0.2) is 0 Å². The van der Waals surface area contributed by atoms with Crippen molar-refractivity contribution < 1.29 is 9.72 Å². The van der Waals surface area contributed by atoms with Gasteiger partial charge in [-0.05, 0) is 13.8 Å². The zero-order valence-electron chi connectivity index (χ0n) is 7.83. The van der Waals surface area contributed by atoms with Gasteiger partial charge in [0.2, 0.25) is 5.69 Å². The number of nitrogens with zero attached hydrogens (tertiary/aromatic N) is 2. The summed E-state index contributed by atoms with van der Waals surface area (Å²) in [6.07, 6.45) is 0. The van der Waals surface area contributed by atoms with Gasteiger partial charge in [0.15, 0.2) is 0 Å². The van der Waals surface area contributed by atoms with Crippen LogP contribution in [0.2, 0.25) is 0 Å². The molecule has 7 heteroatoms. The summed E-state index contributed by atoms with van der Waals surface area (Å²) in [6.45, 7) is 3.62. The summed E-state index contributed by atoms with van der Waals surface area (Å²) in [5.74, 6) is -0.538. The predicted molar refractivity (Wildman–Crippen MR) is 48.0 cm³/mol. The lowest BCUT2D eigenvalue weighted by Gasteiger charge is -1.96. The maximum atomic E-state index is 11.3. The van der Waals surface area contributed by atoms with Crippen LogP contribution in [0.5, 0.6) is 0 Å². The highest BCUT2D eigenvalue weighted by Gasteiger charge is 2.26. The number of amides is 1. The van der Waals surface area contributed by atoms with E-state index in [1.807, 2.05) is 0 Å². The molecule has 0 aliphatic heterocycles. The van der Waals surface area contributed by atoms with Crippen molar-refractivity contribution in [2.75, 3.05) is 6.54 Å². The lowest BCUT2D eigenvalue weighted by molar-refractivity contribution is -0.385. The molecule has 14 heavy (non-hydrogen) atoms. The van der Waals surface area contributed by atoms with E-state index in [4.69, 9.17) is 0 Å². The van der Waals surface area contributed by atoms with Crippen molar-refractivity contribution in [2.24, 2.45) is 0 Å². The number of aryl methyl sites for hydroxylation is 1. The van der Waals surface area contributed by atoms with Crippen molar-refractivity contribution in [2.45, 2.75) is 13.8 Å². The first kappa shape index (κ1) is 10.2. The Morgan fingerprint density at radius 2 is 2.36 bits per heavy atom. The molecule has 1 aromatic rings. The first-order valence-corrected chi connectivity index (χ1v) is 4.05. The Hall–Kier alpha value is -1.92. The number of rotatable bonds is 3. The molecule has 76 valence electrons. The Labute approximate surface area is 79.7 Å². The third-order valence-electron chi connectivity index (χ3n) is 1.65. The van der Waals surface area contributed by atoms with E-state index in [1.165, 1.54) is 6.92 Å². The largest absolute Gasteiger partial charge is 0.351 e. The number of aromatic nitrogens is 2. The van der Waals surface area contributed by atoms with Crippen molar-refractivity contribution in [3.05, 3.63) is 21.5 Å². The molecule has 0 fully saturated rings. The molecule has 0 saturated heterocycles. The zero-order valence-corrected chi connectivity index (χ0v) is 7.83. The molecule has 1 amide bonds. The summed E-state index contributed by atoms with van der Waals surface area (Å²) in [7, 11) is 0. The van der Waals surface area contributed by atoms with E-state index >= 15 is 0 Å². The summed E-state index contributed by atoms with van der Waals surface area (Å²) >= 11 is 0. The SMILES string of the molecule is CCNC(=O)c1n[nH]c(C)c1[N+](=O)[O-]. The lowest BCUT2D eigenvalue weighted by atomic mass is 10.3. The summed E-state index contributed by atoms with van der Waals surface area (Å²) in [5, 5.41) is 19.0. The Balaban J connectivity index is 3.09. The minimum absolute atomic E-state index is 0.172. The van der Waals surface area contributed by atoms with Gasteiger partial charge in [-0.2, -0.15) is 5.10 Å². The number of hydrogen-bond donors (Lipinski definition) is 2. The Morgan fingerprint density at radius 1 is 1.71 bits per heavy atom. The second-order valence-electron chi connectivity index (χ2n) is 2.66. The maximum Gasteiger partial charge on any atom is 0.322 e.